The average Bonchev–Trinajstić information content (AvgIpc) is 2.67. The van der Waals surface area contributed by atoms with Gasteiger partial charge in [-0.1, -0.05) is 25.0 Å². The van der Waals surface area contributed by atoms with E-state index in [4.69, 9.17) is 0 Å². The molecule has 15 heavy (non-hydrogen) atoms. The van der Waals surface area contributed by atoms with Crippen LogP contribution in [0.25, 0.3) is 0 Å². The van der Waals surface area contributed by atoms with E-state index in [0.29, 0.717) is 6.04 Å². The number of fused-ring (bicyclic) bond motifs is 1. The molecule has 86 valence electrons. The van der Waals surface area contributed by atoms with Crippen LogP contribution in [0.2, 0.25) is 0 Å². The molecule has 1 heteroatoms. The van der Waals surface area contributed by atoms with Gasteiger partial charge >= 0.3 is 0 Å². The predicted octanol–water partition coefficient (Wildman–Crippen LogP) is 3.37. The first-order chi connectivity index (χ1) is 7.24. The Morgan fingerprint density at radius 2 is 2.00 bits per heavy atom. The standard InChI is InChI=1S/C14H25N/c1-4-8-15-13(9-10(2)3)14-11-6-5-7-12(11)14/h9,11-15H,4-8H2,1-3H3. The molecule has 2 fully saturated rings. The van der Waals surface area contributed by atoms with Crippen molar-refractivity contribution >= 4 is 0 Å². The summed E-state index contributed by atoms with van der Waals surface area (Å²) in [5, 5.41) is 3.71. The van der Waals surface area contributed by atoms with Crippen LogP contribution < -0.4 is 5.32 Å². The Morgan fingerprint density at radius 3 is 2.53 bits per heavy atom. The molecule has 2 aliphatic rings. The highest BCUT2D eigenvalue weighted by atomic mass is 14.9. The number of allylic oxidation sites excluding steroid dienone is 1. The van der Waals surface area contributed by atoms with E-state index in [9.17, 15) is 0 Å². The van der Waals surface area contributed by atoms with Gasteiger partial charge in [0.25, 0.3) is 0 Å². The highest BCUT2D eigenvalue weighted by Crippen LogP contribution is 2.59. The molecule has 0 aromatic heterocycles. The molecular weight excluding hydrogens is 182 g/mol. The largest absolute Gasteiger partial charge is 0.310 e. The van der Waals surface area contributed by atoms with Crippen LogP contribution in [0.15, 0.2) is 11.6 Å². The van der Waals surface area contributed by atoms with Crippen LogP contribution in [0.4, 0.5) is 0 Å². The molecule has 0 bridgehead atoms. The average molecular weight is 207 g/mol. The van der Waals surface area contributed by atoms with Crippen molar-refractivity contribution in [2.75, 3.05) is 6.54 Å². The Bertz CT molecular complexity index is 230. The highest BCUT2D eigenvalue weighted by Gasteiger charge is 2.54. The lowest BCUT2D eigenvalue weighted by Gasteiger charge is -2.17. The third-order valence-electron chi connectivity index (χ3n) is 4.03. The normalized spacial score (nSPS) is 34.7. The molecule has 0 aromatic rings. The topological polar surface area (TPSA) is 12.0 Å². The Hall–Kier alpha value is -0.300. The van der Waals surface area contributed by atoms with Gasteiger partial charge in [-0.25, -0.2) is 0 Å². The number of hydrogen-bond donors (Lipinski definition) is 1. The van der Waals surface area contributed by atoms with E-state index < -0.39 is 0 Å². The highest BCUT2D eigenvalue weighted by molar-refractivity contribution is 5.14. The van der Waals surface area contributed by atoms with Gasteiger partial charge < -0.3 is 5.32 Å². The minimum Gasteiger partial charge on any atom is -0.310 e. The molecule has 0 spiro atoms. The van der Waals surface area contributed by atoms with Crippen molar-refractivity contribution < 1.29 is 0 Å². The van der Waals surface area contributed by atoms with Gasteiger partial charge in [-0.3, -0.25) is 0 Å². The lowest BCUT2D eigenvalue weighted by atomic mass is 10.0. The molecule has 1 N–H and O–H groups in total. The Balaban J connectivity index is 1.91. The van der Waals surface area contributed by atoms with Crippen LogP contribution in [0, 0.1) is 17.8 Å². The van der Waals surface area contributed by atoms with Crippen molar-refractivity contribution in [1.82, 2.24) is 5.32 Å². The summed E-state index contributed by atoms with van der Waals surface area (Å²) >= 11 is 0. The van der Waals surface area contributed by atoms with Crippen LogP contribution >= 0.6 is 0 Å². The third-order valence-corrected chi connectivity index (χ3v) is 4.03. The van der Waals surface area contributed by atoms with Gasteiger partial charge in [0.15, 0.2) is 0 Å². The van der Waals surface area contributed by atoms with Crippen molar-refractivity contribution in [3.63, 3.8) is 0 Å². The summed E-state index contributed by atoms with van der Waals surface area (Å²) in [6.45, 7) is 7.86. The first-order valence-electron chi connectivity index (χ1n) is 6.62. The first-order valence-corrected chi connectivity index (χ1v) is 6.62. The van der Waals surface area contributed by atoms with E-state index in [1.807, 2.05) is 0 Å². The summed E-state index contributed by atoms with van der Waals surface area (Å²) in [6, 6.07) is 0.672. The first kappa shape index (κ1) is 11.2. The minimum absolute atomic E-state index is 0.672. The maximum absolute atomic E-state index is 3.71. The van der Waals surface area contributed by atoms with E-state index >= 15 is 0 Å². The van der Waals surface area contributed by atoms with Gasteiger partial charge in [-0.05, 0) is 57.4 Å². The summed E-state index contributed by atoms with van der Waals surface area (Å²) < 4.78 is 0. The van der Waals surface area contributed by atoms with Gasteiger partial charge in [-0.2, -0.15) is 0 Å². The molecule has 0 heterocycles. The van der Waals surface area contributed by atoms with Crippen molar-refractivity contribution in [2.45, 2.75) is 52.5 Å². The molecule has 3 atom stereocenters. The molecule has 2 saturated carbocycles. The number of rotatable bonds is 5. The summed E-state index contributed by atoms with van der Waals surface area (Å²) in [6.07, 6.45) is 8.18. The summed E-state index contributed by atoms with van der Waals surface area (Å²) in [5.41, 5.74) is 1.47. The zero-order chi connectivity index (χ0) is 10.8. The Kier molecular flexibility index (Phi) is 3.50. The van der Waals surface area contributed by atoms with Crippen LogP contribution in [0.5, 0.6) is 0 Å². The second-order valence-corrected chi connectivity index (χ2v) is 5.56. The predicted molar refractivity (Wildman–Crippen MR) is 65.8 cm³/mol. The Labute approximate surface area is 94.3 Å². The van der Waals surface area contributed by atoms with E-state index in [0.717, 1.165) is 17.8 Å². The Morgan fingerprint density at radius 1 is 1.33 bits per heavy atom. The molecule has 3 unspecified atom stereocenters. The maximum Gasteiger partial charge on any atom is 0.0286 e. The van der Waals surface area contributed by atoms with Gasteiger partial charge in [0.2, 0.25) is 0 Å². The van der Waals surface area contributed by atoms with Crippen molar-refractivity contribution in [3.8, 4) is 0 Å². The fraction of sp³-hybridized carbons (Fsp3) is 0.857. The summed E-state index contributed by atoms with van der Waals surface area (Å²) in [4.78, 5) is 0. The van der Waals surface area contributed by atoms with Gasteiger partial charge in [0.1, 0.15) is 0 Å². The van der Waals surface area contributed by atoms with E-state index in [-0.39, 0.29) is 0 Å². The van der Waals surface area contributed by atoms with Crippen molar-refractivity contribution in [2.24, 2.45) is 17.8 Å². The third kappa shape index (κ3) is 2.44. The number of nitrogens with one attached hydrogen (secondary N) is 1. The second-order valence-electron chi connectivity index (χ2n) is 5.56. The van der Waals surface area contributed by atoms with Crippen LogP contribution in [-0.4, -0.2) is 12.6 Å². The molecule has 2 aliphatic carbocycles. The van der Waals surface area contributed by atoms with E-state index in [1.165, 1.54) is 37.8 Å². The quantitative estimate of drug-likeness (QED) is 0.682. The zero-order valence-electron chi connectivity index (χ0n) is 10.4. The van der Waals surface area contributed by atoms with Gasteiger partial charge in [0.05, 0.1) is 0 Å². The fourth-order valence-corrected chi connectivity index (χ4v) is 3.39. The van der Waals surface area contributed by atoms with Crippen LogP contribution in [0.1, 0.15) is 46.5 Å². The monoisotopic (exact) mass is 207 g/mol. The molecule has 0 aliphatic heterocycles. The summed E-state index contributed by atoms with van der Waals surface area (Å²) in [7, 11) is 0. The van der Waals surface area contributed by atoms with Crippen molar-refractivity contribution in [1.29, 1.82) is 0 Å². The summed E-state index contributed by atoms with van der Waals surface area (Å²) in [5.74, 6) is 3.10. The second kappa shape index (κ2) is 4.69. The number of hydrogen-bond acceptors (Lipinski definition) is 1. The van der Waals surface area contributed by atoms with Crippen molar-refractivity contribution in [3.05, 3.63) is 11.6 Å². The molecular formula is C14H25N. The maximum atomic E-state index is 3.71. The molecule has 1 nitrogen and oxygen atoms in total. The lowest BCUT2D eigenvalue weighted by molar-refractivity contribution is 0.461. The van der Waals surface area contributed by atoms with Crippen LogP contribution in [-0.2, 0) is 0 Å². The van der Waals surface area contributed by atoms with E-state index in [2.05, 4.69) is 32.2 Å². The van der Waals surface area contributed by atoms with Gasteiger partial charge in [-0.15, -0.1) is 0 Å². The SMILES string of the molecule is CCCNC(C=C(C)C)C1C2CCCC21. The lowest BCUT2D eigenvalue weighted by Crippen LogP contribution is -2.31. The smallest absolute Gasteiger partial charge is 0.0286 e. The fourth-order valence-electron chi connectivity index (χ4n) is 3.39. The van der Waals surface area contributed by atoms with E-state index in [1.54, 1.807) is 0 Å². The van der Waals surface area contributed by atoms with Gasteiger partial charge in [0, 0.05) is 6.04 Å². The molecule has 0 saturated heterocycles. The van der Waals surface area contributed by atoms with Crippen LogP contribution in [0.3, 0.4) is 0 Å². The molecule has 0 aromatic carbocycles. The minimum atomic E-state index is 0.672. The molecule has 0 radical (unpaired) electrons. The zero-order valence-corrected chi connectivity index (χ0v) is 10.4. The molecule has 2 rings (SSSR count). The molecule has 0 amide bonds.